The molecule has 0 aliphatic carbocycles. The average Bonchev–Trinajstić information content (AvgIpc) is 2.89. The highest BCUT2D eigenvalue weighted by molar-refractivity contribution is 7.80. The Morgan fingerprint density at radius 1 is 1.03 bits per heavy atom. The van der Waals surface area contributed by atoms with Gasteiger partial charge in [0.05, 0.1) is 17.2 Å². The number of nitrogens with two attached hydrogens (primary N) is 1. The van der Waals surface area contributed by atoms with Crippen molar-refractivity contribution < 1.29 is 23.9 Å². The van der Waals surface area contributed by atoms with Crippen LogP contribution in [-0.2, 0) is 16.0 Å². The number of amides is 2. The van der Waals surface area contributed by atoms with Gasteiger partial charge in [0.15, 0.2) is 17.1 Å². The number of hydrogen-bond acceptors (Lipinski definition) is 7. The number of hydrogen-bond donors (Lipinski definition) is 2. The molecule has 5 rings (SSSR count). The summed E-state index contributed by atoms with van der Waals surface area (Å²) in [6.45, 7) is 1.98. The molecule has 3 N–H and O–H groups in total. The van der Waals surface area contributed by atoms with E-state index in [1.54, 1.807) is 36.4 Å². The third kappa shape index (κ3) is 4.74. The first kappa shape index (κ1) is 24.4. The van der Waals surface area contributed by atoms with Crippen LogP contribution in [0.3, 0.4) is 0 Å². The van der Waals surface area contributed by atoms with Crippen LogP contribution in [0.15, 0.2) is 84.4 Å². The van der Waals surface area contributed by atoms with E-state index in [4.69, 9.17) is 27.4 Å². The van der Waals surface area contributed by atoms with Crippen LogP contribution in [-0.4, -0.2) is 28.9 Å². The molecule has 1 fully saturated rings. The number of nitrogens with zero attached hydrogens (tertiary/aromatic N) is 1. The van der Waals surface area contributed by atoms with E-state index in [1.807, 2.05) is 43.3 Å². The predicted molar refractivity (Wildman–Crippen MR) is 142 cm³/mol. The summed E-state index contributed by atoms with van der Waals surface area (Å²) < 4.78 is 11.5. The van der Waals surface area contributed by atoms with Gasteiger partial charge in [0.1, 0.15) is 22.8 Å². The summed E-state index contributed by atoms with van der Waals surface area (Å²) in [7, 11) is 0. The molecule has 2 aliphatic rings. The number of ketones is 1. The minimum absolute atomic E-state index is 0.0719. The first-order chi connectivity index (χ1) is 17.9. The fourth-order valence-corrected chi connectivity index (χ4v) is 4.47. The Bertz CT molecular complexity index is 1440. The normalized spacial score (nSPS) is 20.4. The Hall–Kier alpha value is -4.34. The van der Waals surface area contributed by atoms with Crippen LogP contribution in [0.2, 0.25) is 0 Å². The maximum atomic E-state index is 13.4. The molecule has 0 saturated carbocycles. The van der Waals surface area contributed by atoms with Crippen LogP contribution in [0.25, 0.3) is 0 Å². The number of ether oxygens (including phenoxy) is 2. The summed E-state index contributed by atoms with van der Waals surface area (Å²) in [5, 5.41) is 2.45. The largest absolute Gasteiger partial charge is 0.474 e. The second-order valence-electron chi connectivity index (χ2n) is 8.55. The molecule has 8 nitrogen and oxygen atoms in total. The molecule has 9 heteroatoms. The maximum absolute atomic E-state index is 13.4. The van der Waals surface area contributed by atoms with Crippen LogP contribution in [0.4, 0.5) is 5.69 Å². The molecule has 3 aromatic carbocycles. The number of carbonyl (C=O) groups excluding carboxylic acids is 3. The standard InChI is InChI=1S/C28H23N3O5S/c1-2-16-8-13-23-20(14-16)24(32)21(25(29)36-23)15-22-26(33)30-28(37)31(27(22)34)17-9-11-19(12-10-17)35-18-6-4-3-5-7-18/h3-15,21,25H,2,29H2,1H3,(H,30,33,37)/b22-15+. The lowest BCUT2D eigenvalue weighted by molar-refractivity contribution is -0.122. The van der Waals surface area contributed by atoms with E-state index in [2.05, 4.69) is 5.32 Å². The molecule has 0 spiro atoms. The number of Topliss-reactive ketones (excluding diaryl/α,β-unsaturated/α-hetero) is 1. The summed E-state index contributed by atoms with van der Waals surface area (Å²) in [6.07, 6.45) is 0.951. The zero-order valence-corrected chi connectivity index (χ0v) is 20.7. The lowest BCUT2D eigenvalue weighted by Gasteiger charge is -2.31. The van der Waals surface area contributed by atoms with Crippen molar-refractivity contribution in [1.29, 1.82) is 0 Å². The van der Waals surface area contributed by atoms with Gasteiger partial charge < -0.3 is 9.47 Å². The van der Waals surface area contributed by atoms with E-state index >= 15 is 0 Å². The van der Waals surface area contributed by atoms with Gasteiger partial charge in [0, 0.05) is 0 Å². The number of thiocarbonyl (C=S) groups is 1. The molecular weight excluding hydrogens is 490 g/mol. The Kier molecular flexibility index (Phi) is 6.56. The topological polar surface area (TPSA) is 111 Å². The molecule has 0 aromatic heterocycles. The summed E-state index contributed by atoms with van der Waals surface area (Å²) >= 11 is 5.28. The van der Waals surface area contributed by atoms with Gasteiger partial charge in [-0.1, -0.05) is 37.3 Å². The van der Waals surface area contributed by atoms with E-state index in [0.717, 1.165) is 12.0 Å². The van der Waals surface area contributed by atoms with Crippen molar-refractivity contribution in [1.82, 2.24) is 5.32 Å². The first-order valence-corrected chi connectivity index (χ1v) is 12.1. The van der Waals surface area contributed by atoms with Crippen molar-refractivity contribution >= 4 is 40.6 Å². The molecule has 3 aromatic rings. The third-order valence-corrected chi connectivity index (χ3v) is 6.44. The summed E-state index contributed by atoms with van der Waals surface area (Å²) in [5.74, 6) is -1.11. The molecule has 186 valence electrons. The molecular formula is C28H23N3O5S. The van der Waals surface area contributed by atoms with Crippen molar-refractivity contribution in [3.63, 3.8) is 0 Å². The molecule has 0 radical (unpaired) electrons. The molecule has 2 aliphatic heterocycles. The smallest absolute Gasteiger partial charge is 0.269 e. The molecule has 2 unspecified atom stereocenters. The molecule has 2 atom stereocenters. The molecule has 37 heavy (non-hydrogen) atoms. The lowest BCUT2D eigenvalue weighted by atomic mass is 9.89. The third-order valence-electron chi connectivity index (χ3n) is 6.16. The van der Waals surface area contributed by atoms with Crippen molar-refractivity contribution in [2.75, 3.05) is 4.90 Å². The number of fused-ring (bicyclic) bond motifs is 1. The van der Waals surface area contributed by atoms with Gasteiger partial charge in [-0.05, 0) is 72.7 Å². The van der Waals surface area contributed by atoms with Crippen LogP contribution >= 0.6 is 12.2 Å². The second-order valence-corrected chi connectivity index (χ2v) is 8.93. The highest BCUT2D eigenvalue weighted by Crippen LogP contribution is 2.33. The van der Waals surface area contributed by atoms with Crippen molar-refractivity contribution in [3.05, 3.63) is 95.6 Å². The molecule has 2 heterocycles. The van der Waals surface area contributed by atoms with E-state index in [0.29, 0.717) is 28.5 Å². The van der Waals surface area contributed by atoms with Gasteiger partial charge in [-0.3, -0.25) is 30.3 Å². The average molecular weight is 514 g/mol. The minimum atomic E-state index is -1.06. The maximum Gasteiger partial charge on any atom is 0.269 e. The van der Waals surface area contributed by atoms with Crippen LogP contribution in [0.1, 0.15) is 22.8 Å². The van der Waals surface area contributed by atoms with Gasteiger partial charge in [0.2, 0.25) is 0 Å². The number of aryl methyl sites for hydroxylation is 1. The van der Waals surface area contributed by atoms with Crippen molar-refractivity contribution in [2.45, 2.75) is 19.6 Å². The second kappa shape index (κ2) is 9.96. The number of benzene rings is 3. The van der Waals surface area contributed by atoms with Gasteiger partial charge in [-0.25, -0.2) is 0 Å². The van der Waals surface area contributed by atoms with Crippen molar-refractivity contribution in [3.8, 4) is 17.2 Å². The predicted octanol–water partition coefficient (Wildman–Crippen LogP) is 3.89. The van der Waals surface area contributed by atoms with Gasteiger partial charge >= 0.3 is 0 Å². The Balaban J connectivity index is 1.42. The number of carbonyl (C=O) groups is 3. The van der Waals surface area contributed by atoms with E-state index in [-0.39, 0.29) is 16.5 Å². The molecule has 2 amide bonds. The zero-order chi connectivity index (χ0) is 26.1. The Morgan fingerprint density at radius 2 is 1.73 bits per heavy atom. The van der Waals surface area contributed by atoms with Crippen molar-refractivity contribution in [2.24, 2.45) is 11.7 Å². The number of rotatable bonds is 5. The molecule has 0 bridgehead atoms. The molecule has 1 saturated heterocycles. The van der Waals surface area contributed by atoms with E-state index in [9.17, 15) is 14.4 Å². The van der Waals surface area contributed by atoms with Gasteiger partial charge in [-0.2, -0.15) is 0 Å². The number of anilines is 1. The van der Waals surface area contributed by atoms with E-state index < -0.39 is 24.0 Å². The van der Waals surface area contributed by atoms with E-state index in [1.165, 1.54) is 11.0 Å². The van der Waals surface area contributed by atoms with Crippen LogP contribution in [0, 0.1) is 5.92 Å². The first-order valence-electron chi connectivity index (χ1n) is 11.7. The van der Waals surface area contributed by atoms with Crippen LogP contribution in [0.5, 0.6) is 17.2 Å². The quantitative estimate of drug-likeness (QED) is 0.303. The monoisotopic (exact) mass is 513 g/mol. The SMILES string of the molecule is CCc1ccc2c(c1)C(=O)C(/C=C1\C(=O)NC(=S)N(c3ccc(Oc4ccccc4)cc3)C1=O)C(N)O2. The summed E-state index contributed by atoms with van der Waals surface area (Å²) in [4.78, 5) is 40.7. The van der Waals surface area contributed by atoms with Crippen LogP contribution < -0.4 is 25.4 Å². The Morgan fingerprint density at radius 3 is 2.43 bits per heavy atom. The zero-order valence-electron chi connectivity index (χ0n) is 19.8. The highest BCUT2D eigenvalue weighted by atomic mass is 32.1. The van der Waals surface area contributed by atoms with Gasteiger partial charge in [-0.15, -0.1) is 0 Å². The lowest BCUT2D eigenvalue weighted by Crippen LogP contribution is -2.55. The van der Waals surface area contributed by atoms with Gasteiger partial charge in [0.25, 0.3) is 11.8 Å². The number of para-hydroxylation sites is 1. The fraction of sp³-hybridized carbons (Fsp3) is 0.143. The Labute approximate surface area is 218 Å². The summed E-state index contributed by atoms with van der Waals surface area (Å²) in [6, 6.07) is 21.3. The minimum Gasteiger partial charge on any atom is -0.474 e. The highest BCUT2D eigenvalue weighted by Gasteiger charge is 2.39. The summed E-state index contributed by atoms with van der Waals surface area (Å²) in [5.41, 5.74) is 7.64. The number of nitrogens with one attached hydrogen (secondary N) is 1. The fourth-order valence-electron chi connectivity index (χ4n) is 4.19.